The molecule has 2 N–H and O–H groups in total. The molecular formula is C27H25N7O2S. The summed E-state index contributed by atoms with van der Waals surface area (Å²) in [5, 5.41) is 1.54. The quantitative estimate of drug-likeness (QED) is 0.306. The Morgan fingerprint density at radius 3 is 2.78 bits per heavy atom. The van der Waals surface area contributed by atoms with E-state index in [9.17, 15) is 9.00 Å². The van der Waals surface area contributed by atoms with Crippen molar-refractivity contribution in [3.63, 3.8) is 0 Å². The molecule has 0 unspecified atom stereocenters. The second kappa shape index (κ2) is 8.45. The van der Waals surface area contributed by atoms with Crippen LogP contribution >= 0.6 is 0 Å². The zero-order chi connectivity index (χ0) is 25.8. The average Bonchev–Trinajstić information content (AvgIpc) is 3.59. The van der Waals surface area contributed by atoms with Crippen molar-refractivity contribution in [1.29, 1.82) is 4.78 Å². The van der Waals surface area contributed by atoms with E-state index >= 15 is 0 Å². The third-order valence-corrected chi connectivity index (χ3v) is 9.18. The van der Waals surface area contributed by atoms with Gasteiger partial charge in [-0.25, -0.2) is 14.2 Å². The van der Waals surface area contributed by atoms with Crippen LogP contribution in [0.15, 0.2) is 72.7 Å². The topological polar surface area (TPSA) is 130 Å². The van der Waals surface area contributed by atoms with Crippen LogP contribution < -0.4 is 5.56 Å². The molecule has 0 radical (unpaired) electrons. The van der Waals surface area contributed by atoms with Gasteiger partial charge in [0.1, 0.15) is 5.52 Å². The minimum atomic E-state index is -2.93. The molecule has 6 rings (SSSR count). The van der Waals surface area contributed by atoms with E-state index in [1.54, 1.807) is 35.4 Å². The van der Waals surface area contributed by atoms with E-state index in [4.69, 9.17) is 14.7 Å². The number of rotatable bonds is 7. The molecule has 9 nitrogen and oxygen atoms in total. The fraction of sp³-hybridized carbons (Fsp3) is 0.222. The number of nitrogens with one attached hydrogen (secondary N) is 2. The molecule has 0 saturated heterocycles. The summed E-state index contributed by atoms with van der Waals surface area (Å²) in [6.07, 6.45) is 13.8. The van der Waals surface area contributed by atoms with E-state index in [-0.39, 0.29) is 5.56 Å². The molecule has 0 aromatic carbocycles. The lowest BCUT2D eigenvalue weighted by atomic mass is 10.1. The number of fused-ring (bicyclic) bond motifs is 2. The van der Waals surface area contributed by atoms with Crippen molar-refractivity contribution in [3.8, 4) is 22.6 Å². The number of aryl methyl sites for hydroxylation is 1. The molecule has 5 aromatic heterocycles. The van der Waals surface area contributed by atoms with Crippen molar-refractivity contribution >= 4 is 31.5 Å². The zero-order valence-corrected chi connectivity index (χ0v) is 21.1. The number of H-pyrrole nitrogens is 1. The molecule has 1 atom stereocenters. The van der Waals surface area contributed by atoms with E-state index in [0.29, 0.717) is 48.5 Å². The first-order valence-electron chi connectivity index (χ1n) is 12.0. The molecule has 0 amide bonds. The Kier molecular flexibility index (Phi) is 5.30. The average molecular weight is 512 g/mol. The Morgan fingerprint density at radius 2 is 2.03 bits per heavy atom. The van der Waals surface area contributed by atoms with Crippen LogP contribution in [-0.2, 0) is 21.0 Å². The minimum Gasteiger partial charge on any atom is -0.357 e. The molecule has 0 aliphatic heterocycles. The number of hydrogen-bond acceptors (Lipinski definition) is 7. The molecule has 1 aliphatic rings. The number of pyridine rings is 3. The molecule has 10 heteroatoms. The van der Waals surface area contributed by atoms with Gasteiger partial charge in [0.05, 0.1) is 31.4 Å². The molecule has 0 spiro atoms. The summed E-state index contributed by atoms with van der Waals surface area (Å²) in [5.74, 6) is 0.440. The van der Waals surface area contributed by atoms with Gasteiger partial charge in [-0.2, -0.15) is 0 Å². The highest BCUT2D eigenvalue weighted by Gasteiger charge is 2.53. The third kappa shape index (κ3) is 3.75. The van der Waals surface area contributed by atoms with Gasteiger partial charge in [0.2, 0.25) is 0 Å². The van der Waals surface area contributed by atoms with Gasteiger partial charge in [0, 0.05) is 65.7 Å². The van der Waals surface area contributed by atoms with E-state index in [0.717, 1.165) is 27.4 Å². The highest BCUT2D eigenvalue weighted by atomic mass is 32.2. The lowest BCUT2D eigenvalue weighted by molar-refractivity contribution is 0.663. The van der Waals surface area contributed by atoms with Crippen molar-refractivity contribution in [2.24, 2.45) is 0 Å². The predicted molar refractivity (Wildman–Crippen MR) is 145 cm³/mol. The Labute approximate surface area is 213 Å². The van der Waals surface area contributed by atoms with Crippen LogP contribution in [-0.4, -0.2) is 40.0 Å². The maximum Gasteiger partial charge on any atom is 0.274 e. The van der Waals surface area contributed by atoms with Gasteiger partial charge in [-0.15, -0.1) is 6.58 Å². The molecule has 5 heterocycles. The number of aromatic amines is 1. The second-order valence-corrected chi connectivity index (χ2v) is 11.9. The zero-order valence-electron chi connectivity index (χ0n) is 20.3. The van der Waals surface area contributed by atoms with E-state index < -0.39 is 14.5 Å². The van der Waals surface area contributed by atoms with Crippen LogP contribution in [0, 0.1) is 4.78 Å². The largest absolute Gasteiger partial charge is 0.357 e. The maximum atomic E-state index is 13.1. The van der Waals surface area contributed by atoms with Crippen molar-refractivity contribution in [2.45, 2.75) is 30.6 Å². The number of nitrogens with zero attached hydrogens (tertiary/aromatic N) is 5. The summed E-state index contributed by atoms with van der Waals surface area (Å²) in [5.41, 5.74) is 3.81. The van der Waals surface area contributed by atoms with Crippen molar-refractivity contribution < 1.29 is 4.21 Å². The van der Waals surface area contributed by atoms with Crippen LogP contribution in [0.3, 0.4) is 0 Å². The Balaban J connectivity index is 1.66. The summed E-state index contributed by atoms with van der Waals surface area (Å²) < 4.78 is 22.4. The Bertz CT molecular complexity index is 1860. The minimum absolute atomic E-state index is 0.118. The second-order valence-electron chi connectivity index (χ2n) is 9.44. The summed E-state index contributed by atoms with van der Waals surface area (Å²) in [4.78, 5) is 34.7. The molecule has 37 heavy (non-hydrogen) atoms. The van der Waals surface area contributed by atoms with Crippen LogP contribution in [0.4, 0.5) is 0 Å². The van der Waals surface area contributed by atoms with E-state index in [1.807, 2.05) is 30.5 Å². The van der Waals surface area contributed by atoms with Crippen LogP contribution in [0.1, 0.15) is 25.0 Å². The molecule has 0 bridgehead atoms. The summed E-state index contributed by atoms with van der Waals surface area (Å²) in [6.45, 7) is 4.26. The maximum absolute atomic E-state index is 13.1. The fourth-order valence-corrected chi connectivity index (χ4v) is 6.27. The normalized spacial score (nSPS) is 16.0. The number of aromatic nitrogens is 6. The number of hydrogen-bond donors (Lipinski definition) is 2. The third-order valence-electron chi connectivity index (χ3n) is 7.07. The van der Waals surface area contributed by atoms with Gasteiger partial charge in [-0.3, -0.25) is 19.5 Å². The molecule has 1 fully saturated rings. The molecular weight excluding hydrogens is 486 g/mol. The van der Waals surface area contributed by atoms with Crippen molar-refractivity contribution in [2.75, 3.05) is 6.26 Å². The first-order chi connectivity index (χ1) is 17.8. The monoisotopic (exact) mass is 511 g/mol. The summed E-state index contributed by atoms with van der Waals surface area (Å²) in [7, 11) is -2.93. The lowest BCUT2D eigenvalue weighted by Crippen LogP contribution is -2.21. The smallest absolute Gasteiger partial charge is 0.274 e. The van der Waals surface area contributed by atoms with Crippen molar-refractivity contribution in [3.05, 3.63) is 84.0 Å². The van der Waals surface area contributed by atoms with Gasteiger partial charge < -0.3 is 9.55 Å². The van der Waals surface area contributed by atoms with Crippen molar-refractivity contribution in [1.82, 2.24) is 29.5 Å². The van der Waals surface area contributed by atoms with Crippen LogP contribution in [0.25, 0.3) is 44.5 Å². The number of allylic oxidation sites excluding steroid dienone is 1. The predicted octanol–water partition coefficient (Wildman–Crippen LogP) is 4.64. The fourth-order valence-electron chi connectivity index (χ4n) is 4.88. The van der Waals surface area contributed by atoms with Gasteiger partial charge >= 0.3 is 0 Å². The Morgan fingerprint density at radius 1 is 1.19 bits per heavy atom. The lowest BCUT2D eigenvalue weighted by Gasteiger charge is -2.18. The summed E-state index contributed by atoms with van der Waals surface area (Å²) >= 11 is 0. The van der Waals surface area contributed by atoms with Gasteiger partial charge in [0.15, 0.2) is 5.82 Å². The first kappa shape index (κ1) is 23.2. The standard InChI is InChI=1S/C27H25N7O2S/c1-3-4-13-34-16-20(17-5-12-31-24(17)26(34)35)22-14-23(27(8-9-27)37(2,28)36)33-25(32-22)18-6-11-30-21-7-10-29-15-19(18)21/h3,5-7,10-12,14-16,28,31H,1,4,8-9,13H2,2H3/t37-/m1/s1. The molecule has 5 aromatic rings. The first-order valence-corrected chi connectivity index (χ1v) is 13.9. The van der Waals surface area contributed by atoms with Crippen LogP contribution in [0.2, 0.25) is 0 Å². The molecule has 186 valence electrons. The van der Waals surface area contributed by atoms with Gasteiger partial charge in [-0.05, 0) is 43.5 Å². The van der Waals surface area contributed by atoms with Gasteiger partial charge in [0.25, 0.3) is 5.56 Å². The highest BCUT2D eigenvalue weighted by molar-refractivity contribution is 7.93. The summed E-state index contributed by atoms with van der Waals surface area (Å²) in [6, 6.07) is 7.36. The van der Waals surface area contributed by atoms with E-state index in [1.165, 1.54) is 6.26 Å². The highest BCUT2D eigenvalue weighted by Crippen LogP contribution is 2.52. The van der Waals surface area contributed by atoms with E-state index in [2.05, 4.69) is 21.5 Å². The Hall–Kier alpha value is -4.18. The molecule has 1 saturated carbocycles. The van der Waals surface area contributed by atoms with Gasteiger partial charge in [-0.1, -0.05) is 6.08 Å². The van der Waals surface area contributed by atoms with Crippen LogP contribution in [0.5, 0.6) is 0 Å². The SMILES string of the molecule is C=CCCn1cc(-c2cc(C3([S@](C)(=N)=O)CC3)nc(-c3ccnc4ccncc34)n2)c2cc[nH]c2c1=O. The molecule has 1 aliphatic carbocycles.